The van der Waals surface area contributed by atoms with Crippen molar-refractivity contribution >= 4 is 16.9 Å². The Labute approximate surface area is 147 Å². The molecule has 2 aromatic carbocycles. The molecule has 1 unspecified atom stereocenters. The maximum atomic E-state index is 12.8. The first-order valence-electron chi connectivity index (χ1n) is 8.86. The number of hydrogen-bond acceptors (Lipinski definition) is 3. The lowest BCUT2D eigenvalue weighted by molar-refractivity contribution is 0.0932. The fraction of sp³-hybridized carbons (Fsp3) is 0.350. The van der Waals surface area contributed by atoms with Crippen LogP contribution in [0.15, 0.2) is 42.5 Å². The van der Waals surface area contributed by atoms with Crippen LogP contribution >= 0.6 is 0 Å². The van der Waals surface area contributed by atoms with Crippen LogP contribution in [0.4, 0.5) is 0 Å². The highest BCUT2D eigenvalue weighted by Gasteiger charge is 2.33. The molecular formula is C20H22N4O. The molecule has 0 aliphatic heterocycles. The van der Waals surface area contributed by atoms with Gasteiger partial charge in [-0.1, -0.05) is 35.0 Å². The highest BCUT2D eigenvalue weighted by molar-refractivity contribution is 5.97. The third kappa shape index (κ3) is 3.14. The molecular weight excluding hydrogens is 312 g/mol. The van der Waals surface area contributed by atoms with E-state index in [1.54, 1.807) is 0 Å². The molecule has 1 aliphatic carbocycles. The quantitative estimate of drug-likeness (QED) is 0.775. The zero-order valence-electron chi connectivity index (χ0n) is 14.6. The van der Waals surface area contributed by atoms with Gasteiger partial charge in [0.1, 0.15) is 5.52 Å². The number of carbonyl (C=O) groups excluding carboxylic acids is 1. The number of carbonyl (C=O) groups is 1. The first kappa shape index (κ1) is 15.8. The molecule has 1 atom stereocenters. The van der Waals surface area contributed by atoms with Crippen LogP contribution in [-0.4, -0.2) is 20.9 Å². The van der Waals surface area contributed by atoms with Crippen LogP contribution in [0.1, 0.15) is 47.3 Å². The molecule has 25 heavy (non-hydrogen) atoms. The Morgan fingerprint density at radius 3 is 2.68 bits per heavy atom. The number of nitrogens with zero attached hydrogens (tertiary/aromatic N) is 3. The summed E-state index contributed by atoms with van der Waals surface area (Å²) in [6, 6.07) is 14.1. The number of rotatable bonds is 5. The van der Waals surface area contributed by atoms with E-state index in [4.69, 9.17) is 0 Å². The molecule has 128 valence electrons. The second kappa shape index (κ2) is 6.31. The van der Waals surface area contributed by atoms with Gasteiger partial charge in [-0.25, -0.2) is 4.68 Å². The van der Waals surface area contributed by atoms with E-state index in [0.717, 1.165) is 17.6 Å². The minimum absolute atomic E-state index is 0.0505. The summed E-state index contributed by atoms with van der Waals surface area (Å²) in [5.74, 6) is 0.488. The van der Waals surface area contributed by atoms with Crippen molar-refractivity contribution < 1.29 is 4.79 Å². The predicted molar refractivity (Wildman–Crippen MR) is 97.3 cm³/mol. The molecule has 1 aliphatic rings. The van der Waals surface area contributed by atoms with E-state index in [0.29, 0.717) is 11.5 Å². The Kier molecular flexibility index (Phi) is 3.99. The van der Waals surface area contributed by atoms with Gasteiger partial charge in [-0.3, -0.25) is 4.79 Å². The van der Waals surface area contributed by atoms with Crippen molar-refractivity contribution in [1.29, 1.82) is 0 Å². The van der Waals surface area contributed by atoms with E-state index < -0.39 is 0 Å². The van der Waals surface area contributed by atoms with E-state index in [2.05, 4.69) is 46.8 Å². The van der Waals surface area contributed by atoms with E-state index in [1.165, 1.54) is 24.0 Å². The Bertz CT molecular complexity index is 909. The molecule has 0 bridgehead atoms. The van der Waals surface area contributed by atoms with Gasteiger partial charge in [0.25, 0.3) is 5.91 Å². The average molecular weight is 334 g/mol. The summed E-state index contributed by atoms with van der Waals surface area (Å²) in [6.45, 7) is 4.86. The minimum atomic E-state index is -0.0505. The molecule has 0 spiro atoms. The van der Waals surface area contributed by atoms with Gasteiger partial charge in [-0.15, -0.1) is 5.10 Å². The van der Waals surface area contributed by atoms with Crippen molar-refractivity contribution in [3.8, 4) is 0 Å². The molecule has 1 heterocycles. The Hall–Kier alpha value is -2.69. The summed E-state index contributed by atoms with van der Waals surface area (Å²) in [7, 11) is 0. The first-order chi connectivity index (χ1) is 12.2. The van der Waals surface area contributed by atoms with Crippen LogP contribution in [0.3, 0.4) is 0 Å². The maximum absolute atomic E-state index is 12.8. The first-order valence-corrected chi connectivity index (χ1v) is 8.86. The highest BCUT2D eigenvalue weighted by Crippen LogP contribution is 2.41. The lowest BCUT2D eigenvalue weighted by Gasteiger charge is -2.19. The maximum Gasteiger partial charge on any atom is 0.251 e. The average Bonchev–Trinajstić information content (AvgIpc) is 3.39. The molecule has 5 heteroatoms. The number of aromatic nitrogens is 3. The van der Waals surface area contributed by atoms with Crippen LogP contribution in [-0.2, 0) is 6.54 Å². The van der Waals surface area contributed by atoms with Crippen molar-refractivity contribution in [2.45, 2.75) is 39.3 Å². The lowest BCUT2D eigenvalue weighted by Crippen LogP contribution is -2.29. The third-order valence-electron chi connectivity index (χ3n) is 4.89. The molecule has 3 aromatic rings. The molecule has 5 nitrogen and oxygen atoms in total. The van der Waals surface area contributed by atoms with Gasteiger partial charge in [0.2, 0.25) is 0 Å². The van der Waals surface area contributed by atoms with Gasteiger partial charge in [-0.2, -0.15) is 0 Å². The topological polar surface area (TPSA) is 59.8 Å². The van der Waals surface area contributed by atoms with Crippen LogP contribution in [0, 0.1) is 12.8 Å². The van der Waals surface area contributed by atoms with Crippen molar-refractivity contribution in [3.63, 3.8) is 0 Å². The molecule has 0 saturated heterocycles. The summed E-state index contributed by atoms with van der Waals surface area (Å²) in [6.07, 6.45) is 2.34. The SMILES string of the molecule is CCn1nnc2cc(C(=O)NC(c3ccc(C)cc3)C3CC3)ccc21. The van der Waals surface area contributed by atoms with Crippen molar-refractivity contribution in [3.05, 3.63) is 59.2 Å². The lowest BCUT2D eigenvalue weighted by atomic mass is 10.0. The molecule has 0 radical (unpaired) electrons. The zero-order valence-corrected chi connectivity index (χ0v) is 14.6. The summed E-state index contributed by atoms with van der Waals surface area (Å²) in [4.78, 5) is 12.8. The van der Waals surface area contributed by atoms with Crippen LogP contribution in [0.25, 0.3) is 11.0 Å². The second-order valence-electron chi connectivity index (χ2n) is 6.81. The summed E-state index contributed by atoms with van der Waals surface area (Å²) >= 11 is 0. The predicted octanol–water partition coefficient (Wildman–Crippen LogP) is 3.64. The molecule has 1 amide bonds. The van der Waals surface area contributed by atoms with Gasteiger partial charge < -0.3 is 5.32 Å². The van der Waals surface area contributed by atoms with Gasteiger partial charge in [0.15, 0.2) is 0 Å². The van der Waals surface area contributed by atoms with Gasteiger partial charge >= 0.3 is 0 Å². The summed E-state index contributed by atoms with van der Waals surface area (Å²) < 4.78 is 1.83. The monoisotopic (exact) mass is 334 g/mol. The van der Waals surface area contributed by atoms with Crippen LogP contribution < -0.4 is 5.32 Å². The third-order valence-corrected chi connectivity index (χ3v) is 4.89. The fourth-order valence-electron chi connectivity index (χ4n) is 3.25. The molecule has 4 rings (SSSR count). The Morgan fingerprint density at radius 2 is 2.00 bits per heavy atom. The number of fused-ring (bicyclic) bond motifs is 1. The number of benzene rings is 2. The van der Waals surface area contributed by atoms with Gasteiger partial charge in [0, 0.05) is 12.1 Å². The molecule has 1 saturated carbocycles. The Morgan fingerprint density at radius 1 is 1.24 bits per heavy atom. The minimum Gasteiger partial charge on any atom is -0.345 e. The Balaban J connectivity index is 1.58. The van der Waals surface area contributed by atoms with Gasteiger partial charge in [-0.05, 0) is 56.4 Å². The van der Waals surface area contributed by atoms with E-state index in [-0.39, 0.29) is 11.9 Å². The van der Waals surface area contributed by atoms with E-state index in [1.807, 2.05) is 29.8 Å². The normalized spacial score (nSPS) is 15.3. The molecule has 1 N–H and O–H groups in total. The fourth-order valence-corrected chi connectivity index (χ4v) is 3.25. The number of amides is 1. The van der Waals surface area contributed by atoms with E-state index in [9.17, 15) is 4.79 Å². The smallest absolute Gasteiger partial charge is 0.251 e. The molecule has 1 aromatic heterocycles. The van der Waals surface area contributed by atoms with Crippen LogP contribution in [0.5, 0.6) is 0 Å². The van der Waals surface area contributed by atoms with Crippen molar-refractivity contribution in [1.82, 2.24) is 20.3 Å². The summed E-state index contributed by atoms with van der Waals surface area (Å²) in [5.41, 5.74) is 4.76. The van der Waals surface area contributed by atoms with Crippen molar-refractivity contribution in [2.75, 3.05) is 0 Å². The van der Waals surface area contributed by atoms with E-state index >= 15 is 0 Å². The largest absolute Gasteiger partial charge is 0.345 e. The summed E-state index contributed by atoms with van der Waals surface area (Å²) in [5, 5.41) is 11.5. The second-order valence-corrected chi connectivity index (χ2v) is 6.81. The number of nitrogens with one attached hydrogen (secondary N) is 1. The molecule has 1 fully saturated rings. The number of aryl methyl sites for hydroxylation is 2. The zero-order chi connectivity index (χ0) is 17.4. The van der Waals surface area contributed by atoms with Crippen molar-refractivity contribution in [2.24, 2.45) is 5.92 Å². The standard InChI is InChI=1S/C20H22N4O/c1-3-24-18-11-10-16(12-17(18)22-23-24)20(25)21-19(15-8-9-15)14-6-4-13(2)5-7-14/h4-7,10-12,15,19H,3,8-9H2,1-2H3,(H,21,25). The number of hydrogen-bond donors (Lipinski definition) is 1. The van der Waals surface area contributed by atoms with Crippen LogP contribution in [0.2, 0.25) is 0 Å². The highest BCUT2D eigenvalue weighted by atomic mass is 16.1. The van der Waals surface area contributed by atoms with Gasteiger partial charge in [0.05, 0.1) is 11.6 Å².